The molecule has 0 aliphatic carbocycles. The standard InChI is InChI=1S/C27H33N7O4/c1-19-8-10-22(11-9-19)38-18-21(35)17-34-23-24(31(2)27(37)29-25(23)36)28-26(34)30-33-14-12-32(13-15-33)16-20-6-4-3-5-7-20/h3-11,21,35H,12-18H2,1-2H3,(H,28,30)(H,29,36,37)/t21-/m1/s1. The first-order valence-electron chi connectivity index (χ1n) is 12.7. The van der Waals surface area contributed by atoms with Crippen molar-refractivity contribution in [2.45, 2.75) is 26.1 Å². The minimum atomic E-state index is -0.923. The summed E-state index contributed by atoms with van der Waals surface area (Å²) >= 11 is 0. The third-order valence-electron chi connectivity index (χ3n) is 6.74. The normalized spacial score (nSPS) is 15.6. The number of aliphatic hydroxyl groups is 1. The van der Waals surface area contributed by atoms with Gasteiger partial charge in [-0.1, -0.05) is 48.0 Å². The highest BCUT2D eigenvalue weighted by molar-refractivity contribution is 5.74. The van der Waals surface area contributed by atoms with E-state index in [1.54, 1.807) is 11.6 Å². The molecule has 3 heterocycles. The SMILES string of the molecule is Cc1ccc(OC[C@H](O)Cn2c(NN3CCN(Cc4ccccc4)CC3)nc3c2c(=O)[nH]c(=O)n3C)cc1. The molecule has 0 unspecified atom stereocenters. The summed E-state index contributed by atoms with van der Waals surface area (Å²) in [5.74, 6) is 1.04. The zero-order chi connectivity index (χ0) is 26.6. The molecule has 1 fully saturated rings. The van der Waals surface area contributed by atoms with Crippen molar-refractivity contribution in [3.8, 4) is 5.75 Å². The van der Waals surface area contributed by atoms with Crippen molar-refractivity contribution in [2.24, 2.45) is 7.05 Å². The van der Waals surface area contributed by atoms with Gasteiger partial charge in [-0.2, -0.15) is 4.98 Å². The maximum atomic E-state index is 12.8. The lowest BCUT2D eigenvalue weighted by Gasteiger charge is -2.35. The molecule has 5 rings (SSSR count). The summed E-state index contributed by atoms with van der Waals surface area (Å²) in [6.45, 7) is 6.16. The summed E-state index contributed by atoms with van der Waals surface area (Å²) in [5, 5.41) is 12.9. The molecule has 4 aromatic rings. The van der Waals surface area contributed by atoms with E-state index in [9.17, 15) is 14.7 Å². The largest absolute Gasteiger partial charge is 0.491 e. The third kappa shape index (κ3) is 5.80. The van der Waals surface area contributed by atoms with Crippen molar-refractivity contribution in [2.75, 3.05) is 38.2 Å². The molecule has 0 radical (unpaired) electrons. The number of piperazine rings is 1. The second-order valence-corrected chi connectivity index (χ2v) is 9.68. The smallest absolute Gasteiger partial charge is 0.329 e. The summed E-state index contributed by atoms with van der Waals surface area (Å²) < 4.78 is 8.66. The fourth-order valence-corrected chi connectivity index (χ4v) is 4.59. The van der Waals surface area contributed by atoms with Crippen LogP contribution in [0.25, 0.3) is 11.2 Å². The van der Waals surface area contributed by atoms with Crippen LogP contribution < -0.4 is 21.4 Å². The topological polar surface area (TPSA) is 121 Å². The van der Waals surface area contributed by atoms with Gasteiger partial charge in [0.1, 0.15) is 18.5 Å². The highest BCUT2D eigenvalue weighted by Crippen LogP contribution is 2.19. The van der Waals surface area contributed by atoms with E-state index in [1.165, 1.54) is 10.1 Å². The zero-order valence-electron chi connectivity index (χ0n) is 21.6. The Morgan fingerprint density at radius 3 is 2.47 bits per heavy atom. The number of aromatic nitrogens is 4. The number of anilines is 1. The van der Waals surface area contributed by atoms with Crippen LogP contribution in [0.1, 0.15) is 11.1 Å². The number of nitrogens with zero attached hydrogens (tertiary/aromatic N) is 5. The number of hydrazine groups is 1. The van der Waals surface area contributed by atoms with E-state index in [-0.39, 0.29) is 24.3 Å². The van der Waals surface area contributed by atoms with Crippen LogP contribution in [0.15, 0.2) is 64.2 Å². The monoisotopic (exact) mass is 519 g/mol. The van der Waals surface area contributed by atoms with Crippen molar-refractivity contribution in [3.05, 3.63) is 86.6 Å². The summed E-state index contributed by atoms with van der Waals surface area (Å²) in [5.41, 5.74) is 5.07. The lowest BCUT2D eigenvalue weighted by molar-refractivity contribution is 0.0932. The first kappa shape index (κ1) is 25.7. The molecule has 200 valence electrons. The quantitative estimate of drug-likeness (QED) is 0.303. The van der Waals surface area contributed by atoms with Crippen LogP contribution in [0.2, 0.25) is 0 Å². The lowest BCUT2D eigenvalue weighted by atomic mass is 10.2. The molecule has 1 aliphatic heterocycles. The van der Waals surface area contributed by atoms with E-state index in [0.29, 0.717) is 11.7 Å². The highest BCUT2D eigenvalue weighted by atomic mass is 16.5. The average Bonchev–Trinajstić information content (AvgIpc) is 3.27. The van der Waals surface area contributed by atoms with Crippen LogP contribution in [0.3, 0.4) is 0 Å². The van der Waals surface area contributed by atoms with Gasteiger partial charge in [-0.05, 0) is 24.6 Å². The number of hydrogen-bond donors (Lipinski definition) is 3. The van der Waals surface area contributed by atoms with Crippen molar-refractivity contribution in [1.29, 1.82) is 0 Å². The molecule has 0 bridgehead atoms. The van der Waals surface area contributed by atoms with Gasteiger partial charge in [-0.15, -0.1) is 0 Å². The van der Waals surface area contributed by atoms with Gasteiger partial charge in [0.25, 0.3) is 5.56 Å². The number of rotatable bonds is 9. The molecule has 1 atom stereocenters. The molecule has 3 N–H and O–H groups in total. The lowest BCUT2D eigenvalue weighted by Crippen LogP contribution is -2.48. The maximum Gasteiger partial charge on any atom is 0.329 e. The van der Waals surface area contributed by atoms with Crippen molar-refractivity contribution in [1.82, 2.24) is 29.0 Å². The number of imidazole rings is 1. The Hall–Kier alpha value is -3.93. The molecule has 11 nitrogen and oxygen atoms in total. The Morgan fingerprint density at radius 1 is 1.05 bits per heavy atom. The fourth-order valence-electron chi connectivity index (χ4n) is 4.59. The number of aromatic amines is 1. The Labute approximate surface area is 219 Å². The number of fused-ring (bicyclic) bond motifs is 1. The molecular weight excluding hydrogens is 486 g/mol. The molecule has 2 aromatic heterocycles. The number of H-pyrrole nitrogens is 1. The molecule has 38 heavy (non-hydrogen) atoms. The fraction of sp³-hybridized carbons (Fsp3) is 0.370. The van der Waals surface area contributed by atoms with Crippen LogP contribution in [0.4, 0.5) is 5.95 Å². The van der Waals surface area contributed by atoms with Gasteiger partial charge < -0.3 is 14.4 Å². The van der Waals surface area contributed by atoms with Gasteiger partial charge in [-0.25, -0.2) is 9.80 Å². The molecule has 11 heteroatoms. The number of nitrogens with one attached hydrogen (secondary N) is 2. The second-order valence-electron chi connectivity index (χ2n) is 9.68. The van der Waals surface area contributed by atoms with Crippen molar-refractivity contribution < 1.29 is 9.84 Å². The highest BCUT2D eigenvalue weighted by Gasteiger charge is 2.23. The third-order valence-corrected chi connectivity index (χ3v) is 6.74. The molecule has 0 spiro atoms. The minimum Gasteiger partial charge on any atom is -0.491 e. The van der Waals surface area contributed by atoms with E-state index >= 15 is 0 Å². The first-order valence-corrected chi connectivity index (χ1v) is 12.7. The second kappa shape index (κ2) is 11.2. The Bertz CT molecular complexity index is 1490. The Balaban J connectivity index is 1.31. The maximum absolute atomic E-state index is 12.8. The van der Waals surface area contributed by atoms with Gasteiger partial charge in [-0.3, -0.25) is 24.7 Å². The number of ether oxygens (including phenoxy) is 1. The average molecular weight is 520 g/mol. The summed E-state index contributed by atoms with van der Waals surface area (Å²) in [6.07, 6.45) is -0.923. The van der Waals surface area contributed by atoms with Crippen LogP contribution in [0.5, 0.6) is 5.75 Å². The molecule has 0 amide bonds. The number of aliphatic hydroxyl groups excluding tert-OH is 1. The number of hydrogen-bond acceptors (Lipinski definition) is 8. The van der Waals surface area contributed by atoms with Gasteiger partial charge in [0.2, 0.25) is 5.95 Å². The first-order chi connectivity index (χ1) is 18.4. The predicted molar refractivity (Wildman–Crippen MR) is 145 cm³/mol. The molecule has 2 aromatic carbocycles. The Kier molecular flexibility index (Phi) is 7.59. The van der Waals surface area contributed by atoms with E-state index in [4.69, 9.17) is 4.74 Å². The number of aryl methyl sites for hydroxylation is 2. The van der Waals surface area contributed by atoms with Crippen LogP contribution in [-0.4, -0.2) is 73.0 Å². The van der Waals surface area contributed by atoms with Crippen molar-refractivity contribution >= 4 is 17.1 Å². The van der Waals surface area contributed by atoms with E-state index < -0.39 is 17.4 Å². The van der Waals surface area contributed by atoms with Crippen LogP contribution in [-0.2, 0) is 20.1 Å². The molecule has 1 saturated heterocycles. The molecular formula is C27H33N7O4. The van der Waals surface area contributed by atoms with Gasteiger partial charge >= 0.3 is 5.69 Å². The molecule has 0 saturated carbocycles. The van der Waals surface area contributed by atoms with Gasteiger partial charge in [0, 0.05) is 39.8 Å². The Morgan fingerprint density at radius 2 is 1.76 bits per heavy atom. The van der Waals surface area contributed by atoms with Gasteiger partial charge in [0.15, 0.2) is 11.2 Å². The zero-order valence-corrected chi connectivity index (χ0v) is 21.6. The van der Waals surface area contributed by atoms with Crippen molar-refractivity contribution in [3.63, 3.8) is 0 Å². The summed E-state index contributed by atoms with van der Waals surface area (Å²) in [4.78, 5) is 34.3. The summed E-state index contributed by atoms with van der Waals surface area (Å²) in [6, 6.07) is 17.9. The van der Waals surface area contributed by atoms with Gasteiger partial charge in [0.05, 0.1) is 6.54 Å². The summed E-state index contributed by atoms with van der Waals surface area (Å²) in [7, 11) is 1.56. The van der Waals surface area contributed by atoms with E-state index in [0.717, 1.165) is 38.3 Å². The molecule has 1 aliphatic rings. The van der Waals surface area contributed by atoms with E-state index in [1.807, 2.05) is 54.4 Å². The minimum absolute atomic E-state index is 0.0317. The number of benzene rings is 2. The predicted octanol–water partition coefficient (Wildman–Crippen LogP) is 1.32. The van der Waals surface area contributed by atoms with Crippen LogP contribution >= 0.6 is 0 Å². The van der Waals surface area contributed by atoms with E-state index in [2.05, 4.69) is 32.4 Å². The van der Waals surface area contributed by atoms with Crippen LogP contribution in [0, 0.1) is 6.92 Å².